The molecule has 0 aliphatic carbocycles. The molecule has 1 aliphatic heterocycles. The Morgan fingerprint density at radius 3 is 2.61 bits per heavy atom. The lowest BCUT2D eigenvalue weighted by atomic mass is 9.96. The predicted octanol–water partition coefficient (Wildman–Crippen LogP) is 5.21. The van der Waals surface area contributed by atoms with Gasteiger partial charge >= 0.3 is 5.97 Å². The van der Waals surface area contributed by atoms with Crippen molar-refractivity contribution < 1.29 is 13.9 Å². The molecule has 0 bridgehead atoms. The number of carbonyl (C=O) groups is 1. The van der Waals surface area contributed by atoms with Gasteiger partial charge in [0.1, 0.15) is 11.9 Å². The minimum Gasteiger partial charge on any atom is -0.463 e. The van der Waals surface area contributed by atoms with Crippen LogP contribution in [-0.2, 0) is 15.3 Å². The molecular weight excluding hydrogens is 439 g/mol. The number of nitrogens with zero attached hydrogens (tertiary/aromatic N) is 3. The number of hydrogen-bond donors (Lipinski definition) is 1. The molecule has 1 N–H and O–H groups in total. The number of ether oxygens (including phenoxy) is 1. The normalized spacial score (nSPS) is 15.4. The van der Waals surface area contributed by atoms with Crippen LogP contribution >= 0.6 is 23.4 Å². The highest BCUT2D eigenvalue weighted by Crippen LogP contribution is 2.37. The van der Waals surface area contributed by atoms with Crippen molar-refractivity contribution in [1.29, 1.82) is 0 Å². The van der Waals surface area contributed by atoms with Crippen LogP contribution in [0.4, 0.5) is 10.3 Å². The number of benzene rings is 2. The van der Waals surface area contributed by atoms with Crippen LogP contribution in [0.15, 0.2) is 65.0 Å². The van der Waals surface area contributed by atoms with Crippen LogP contribution < -0.4 is 5.32 Å². The van der Waals surface area contributed by atoms with Crippen molar-refractivity contribution in [2.24, 2.45) is 0 Å². The number of aromatic nitrogens is 3. The molecule has 1 atom stereocenters. The van der Waals surface area contributed by atoms with E-state index >= 15 is 0 Å². The molecule has 6 nitrogen and oxygen atoms in total. The largest absolute Gasteiger partial charge is 0.463 e. The fraction of sp³-hybridized carbons (Fsp3) is 0.227. The van der Waals surface area contributed by atoms with Crippen molar-refractivity contribution in [3.8, 4) is 0 Å². The second-order valence-corrected chi connectivity index (χ2v) is 8.29. The number of nitrogens with one attached hydrogen (secondary N) is 1. The van der Waals surface area contributed by atoms with Gasteiger partial charge in [0.25, 0.3) is 0 Å². The standard InChI is InChI=1S/C22H20ClFN4O2S/c1-3-30-20(29)18-13(2)25-21-26-22(31-12-14-4-8-16(23)9-5-14)27-28(21)19(18)15-6-10-17(24)11-7-15/h4-11,19H,3,12H2,1-2H3,(H,25,26,27)/t19-/m0/s1. The van der Waals surface area contributed by atoms with E-state index in [1.165, 1.54) is 23.9 Å². The number of esters is 1. The number of thioether (sulfide) groups is 1. The molecule has 1 aliphatic rings. The Kier molecular flexibility index (Phi) is 6.29. The molecule has 1 aromatic heterocycles. The first kappa shape index (κ1) is 21.4. The molecule has 3 aromatic rings. The molecule has 31 heavy (non-hydrogen) atoms. The highest BCUT2D eigenvalue weighted by Gasteiger charge is 2.35. The highest BCUT2D eigenvalue weighted by molar-refractivity contribution is 7.98. The van der Waals surface area contributed by atoms with Crippen molar-refractivity contribution in [3.63, 3.8) is 0 Å². The van der Waals surface area contributed by atoms with Crippen molar-refractivity contribution in [3.05, 3.63) is 81.8 Å². The first-order chi connectivity index (χ1) is 15.0. The average Bonchev–Trinajstić information content (AvgIpc) is 3.15. The second kappa shape index (κ2) is 9.11. The van der Waals surface area contributed by atoms with Gasteiger partial charge in [0.2, 0.25) is 11.1 Å². The van der Waals surface area contributed by atoms with Crippen molar-refractivity contribution in [2.75, 3.05) is 11.9 Å². The molecule has 0 spiro atoms. The van der Waals surface area contributed by atoms with Crippen LogP contribution in [0.2, 0.25) is 5.02 Å². The molecule has 2 aromatic carbocycles. The molecule has 9 heteroatoms. The summed E-state index contributed by atoms with van der Waals surface area (Å²) in [5.74, 6) is 0.379. The van der Waals surface area contributed by atoms with Crippen LogP contribution in [0.3, 0.4) is 0 Å². The summed E-state index contributed by atoms with van der Waals surface area (Å²) in [5, 5.41) is 9.03. The molecule has 0 amide bonds. The molecular formula is C22H20ClFN4O2S. The molecule has 0 radical (unpaired) electrons. The number of anilines is 1. The fourth-order valence-electron chi connectivity index (χ4n) is 3.35. The summed E-state index contributed by atoms with van der Waals surface area (Å²) >= 11 is 7.42. The minimum absolute atomic E-state index is 0.248. The number of rotatable bonds is 6. The van der Waals surface area contributed by atoms with E-state index in [9.17, 15) is 9.18 Å². The van der Waals surface area contributed by atoms with E-state index in [4.69, 9.17) is 16.3 Å². The maximum atomic E-state index is 13.5. The van der Waals surface area contributed by atoms with Crippen LogP contribution in [-0.4, -0.2) is 27.3 Å². The maximum Gasteiger partial charge on any atom is 0.338 e. The van der Waals surface area contributed by atoms with Gasteiger partial charge in [-0.3, -0.25) is 0 Å². The van der Waals surface area contributed by atoms with E-state index < -0.39 is 12.0 Å². The van der Waals surface area contributed by atoms with Gasteiger partial charge in [0.05, 0.1) is 12.2 Å². The van der Waals surface area contributed by atoms with Crippen LogP contribution in [0, 0.1) is 5.82 Å². The smallest absolute Gasteiger partial charge is 0.338 e. The van der Waals surface area contributed by atoms with Gasteiger partial charge in [-0.2, -0.15) is 4.98 Å². The molecule has 0 unspecified atom stereocenters. The van der Waals surface area contributed by atoms with Crippen molar-refractivity contribution >= 4 is 35.3 Å². The van der Waals surface area contributed by atoms with E-state index in [1.54, 1.807) is 30.7 Å². The molecule has 160 valence electrons. The Labute approximate surface area is 188 Å². The summed E-state index contributed by atoms with van der Waals surface area (Å²) < 4.78 is 20.5. The number of hydrogen-bond acceptors (Lipinski definition) is 6. The second-order valence-electron chi connectivity index (χ2n) is 6.92. The number of halogens is 2. The third-order valence-electron chi connectivity index (χ3n) is 4.80. The monoisotopic (exact) mass is 458 g/mol. The zero-order valence-corrected chi connectivity index (χ0v) is 18.5. The van der Waals surface area contributed by atoms with Gasteiger partial charge in [-0.25, -0.2) is 13.9 Å². The zero-order chi connectivity index (χ0) is 22.0. The van der Waals surface area contributed by atoms with Crippen molar-refractivity contribution in [2.45, 2.75) is 30.8 Å². The van der Waals surface area contributed by atoms with E-state index in [0.717, 1.165) is 5.56 Å². The van der Waals surface area contributed by atoms with E-state index in [1.807, 2.05) is 24.3 Å². The highest BCUT2D eigenvalue weighted by atomic mass is 35.5. The van der Waals surface area contributed by atoms with Gasteiger partial charge in [0, 0.05) is 16.5 Å². The average molecular weight is 459 g/mol. The Morgan fingerprint density at radius 2 is 1.94 bits per heavy atom. The summed E-state index contributed by atoms with van der Waals surface area (Å²) in [6, 6.07) is 13.0. The summed E-state index contributed by atoms with van der Waals surface area (Å²) in [4.78, 5) is 17.3. The summed E-state index contributed by atoms with van der Waals surface area (Å²) in [6.07, 6.45) is 0. The van der Waals surface area contributed by atoms with Crippen LogP contribution in [0.25, 0.3) is 0 Å². The Balaban J connectivity index is 1.67. The van der Waals surface area contributed by atoms with Gasteiger partial charge in [-0.1, -0.05) is 47.6 Å². The van der Waals surface area contributed by atoms with Gasteiger partial charge in [-0.15, -0.1) is 5.10 Å². The molecule has 4 rings (SSSR count). The first-order valence-electron chi connectivity index (χ1n) is 9.70. The Morgan fingerprint density at radius 1 is 1.23 bits per heavy atom. The SMILES string of the molecule is CCOC(=O)C1=C(C)Nc2nc(SCc3ccc(Cl)cc3)nn2[C@H]1c1ccc(F)cc1. The Hall–Kier alpha value is -2.84. The quantitative estimate of drug-likeness (QED) is 0.403. The lowest BCUT2D eigenvalue weighted by molar-refractivity contribution is -0.139. The fourth-order valence-corrected chi connectivity index (χ4v) is 4.26. The third-order valence-corrected chi connectivity index (χ3v) is 5.96. The van der Waals surface area contributed by atoms with Gasteiger partial charge < -0.3 is 10.1 Å². The number of fused-ring (bicyclic) bond motifs is 1. The topological polar surface area (TPSA) is 69.0 Å². The summed E-state index contributed by atoms with van der Waals surface area (Å²) in [6.45, 7) is 3.79. The predicted molar refractivity (Wildman–Crippen MR) is 119 cm³/mol. The third kappa shape index (κ3) is 4.60. The zero-order valence-electron chi connectivity index (χ0n) is 16.9. The molecule has 0 fully saturated rings. The van der Waals surface area contributed by atoms with E-state index in [-0.39, 0.29) is 12.4 Å². The van der Waals surface area contributed by atoms with E-state index in [0.29, 0.717) is 38.7 Å². The molecule has 0 saturated carbocycles. The van der Waals surface area contributed by atoms with Gasteiger partial charge in [-0.05, 0) is 49.2 Å². The van der Waals surface area contributed by atoms with Crippen LogP contribution in [0.1, 0.15) is 31.0 Å². The van der Waals surface area contributed by atoms with E-state index in [2.05, 4.69) is 15.4 Å². The van der Waals surface area contributed by atoms with Gasteiger partial charge in [0.15, 0.2) is 0 Å². The first-order valence-corrected chi connectivity index (χ1v) is 11.1. The minimum atomic E-state index is -0.576. The summed E-state index contributed by atoms with van der Waals surface area (Å²) in [7, 11) is 0. The lowest BCUT2D eigenvalue weighted by Gasteiger charge is -2.28. The van der Waals surface area contributed by atoms with Crippen molar-refractivity contribution in [1.82, 2.24) is 14.8 Å². The van der Waals surface area contributed by atoms with Crippen LogP contribution in [0.5, 0.6) is 0 Å². The number of allylic oxidation sites excluding steroid dienone is 1. The summed E-state index contributed by atoms with van der Waals surface area (Å²) in [5.41, 5.74) is 2.85. The molecule has 2 heterocycles. The molecule has 0 saturated heterocycles. The Bertz CT molecular complexity index is 1130. The lowest BCUT2D eigenvalue weighted by Crippen LogP contribution is -2.29. The maximum absolute atomic E-state index is 13.5. The number of carbonyl (C=O) groups excluding carboxylic acids is 1.